The Hall–Kier alpha value is -3.01. The molecule has 1 N–H and O–H groups in total. The number of aliphatic carboxylic acids is 1. The van der Waals surface area contributed by atoms with Crippen LogP contribution in [-0.4, -0.2) is 21.8 Å². The zero-order valence-corrected chi connectivity index (χ0v) is 11.0. The molecule has 0 saturated carbocycles. The van der Waals surface area contributed by atoms with Crippen molar-refractivity contribution in [3.8, 4) is 11.1 Å². The number of pyridine rings is 1. The van der Waals surface area contributed by atoms with E-state index in [1.807, 2.05) is 24.3 Å². The minimum atomic E-state index is -1.44. The van der Waals surface area contributed by atoms with E-state index >= 15 is 0 Å². The first-order valence-corrected chi connectivity index (χ1v) is 6.37. The molecule has 21 heavy (non-hydrogen) atoms. The summed E-state index contributed by atoms with van der Waals surface area (Å²) in [5.41, 5.74) is 2.11. The quantitative estimate of drug-likeness (QED) is 0.590. The molecule has 3 aromatic rings. The lowest BCUT2D eigenvalue weighted by molar-refractivity contribution is -0.131. The summed E-state index contributed by atoms with van der Waals surface area (Å²) in [6, 6.07) is 14.5. The van der Waals surface area contributed by atoms with Crippen molar-refractivity contribution in [1.82, 2.24) is 4.98 Å². The standard InChI is InChI=1S/C17H11NO3/c19-16(17(20)21)12-3-1-11(2-4-12)13-5-6-15-10-18-8-7-14(15)9-13/h1-10H,(H,20,21). The van der Waals surface area contributed by atoms with Gasteiger partial charge < -0.3 is 5.11 Å². The fraction of sp³-hybridized carbons (Fsp3) is 0. The molecule has 0 aliphatic carbocycles. The van der Waals surface area contributed by atoms with E-state index in [9.17, 15) is 9.59 Å². The van der Waals surface area contributed by atoms with Gasteiger partial charge in [0, 0.05) is 23.3 Å². The first-order chi connectivity index (χ1) is 10.1. The van der Waals surface area contributed by atoms with Crippen molar-refractivity contribution in [2.75, 3.05) is 0 Å². The Morgan fingerprint density at radius 3 is 2.29 bits per heavy atom. The first kappa shape index (κ1) is 13.0. The van der Waals surface area contributed by atoms with Crippen LogP contribution in [0.3, 0.4) is 0 Å². The Morgan fingerprint density at radius 2 is 1.57 bits per heavy atom. The molecule has 4 heteroatoms. The smallest absolute Gasteiger partial charge is 0.377 e. The molecule has 1 heterocycles. The second-order valence-electron chi connectivity index (χ2n) is 4.65. The zero-order chi connectivity index (χ0) is 14.8. The number of carbonyl (C=O) groups excluding carboxylic acids is 1. The normalized spacial score (nSPS) is 10.5. The molecule has 3 rings (SSSR count). The van der Waals surface area contributed by atoms with E-state index in [0.717, 1.165) is 21.9 Å². The minimum absolute atomic E-state index is 0.177. The largest absolute Gasteiger partial charge is 0.475 e. The van der Waals surface area contributed by atoms with Crippen LogP contribution in [0.1, 0.15) is 10.4 Å². The summed E-state index contributed by atoms with van der Waals surface area (Å²) in [7, 11) is 0. The summed E-state index contributed by atoms with van der Waals surface area (Å²) < 4.78 is 0. The molecule has 0 radical (unpaired) electrons. The Morgan fingerprint density at radius 1 is 0.857 bits per heavy atom. The summed E-state index contributed by atoms with van der Waals surface area (Å²) in [5, 5.41) is 10.8. The van der Waals surface area contributed by atoms with E-state index < -0.39 is 11.8 Å². The van der Waals surface area contributed by atoms with Crippen LogP contribution in [0.5, 0.6) is 0 Å². The van der Waals surface area contributed by atoms with Crippen LogP contribution in [-0.2, 0) is 4.79 Å². The van der Waals surface area contributed by atoms with Gasteiger partial charge in [0.15, 0.2) is 0 Å². The Kier molecular flexibility index (Phi) is 3.20. The SMILES string of the molecule is O=C(O)C(=O)c1ccc(-c2ccc3cnccc3c2)cc1. The number of nitrogens with zero attached hydrogens (tertiary/aromatic N) is 1. The summed E-state index contributed by atoms with van der Waals surface area (Å²) in [5.74, 6) is -2.34. The fourth-order valence-electron chi connectivity index (χ4n) is 2.20. The van der Waals surface area contributed by atoms with Crippen molar-refractivity contribution in [2.24, 2.45) is 0 Å². The highest BCUT2D eigenvalue weighted by atomic mass is 16.4. The number of fused-ring (bicyclic) bond motifs is 1. The van der Waals surface area contributed by atoms with Crippen molar-refractivity contribution < 1.29 is 14.7 Å². The van der Waals surface area contributed by atoms with Crippen molar-refractivity contribution >= 4 is 22.5 Å². The number of carbonyl (C=O) groups is 2. The van der Waals surface area contributed by atoms with Gasteiger partial charge in [-0.25, -0.2) is 4.79 Å². The molecule has 0 aliphatic heterocycles. The van der Waals surface area contributed by atoms with Gasteiger partial charge in [-0.1, -0.05) is 36.4 Å². The van der Waals surface area contributed by atoms with Crippen molar-refractivity contribution in [3.63, 3.8) is 0 Å². The summed E-state index contributed by atoms with van der Waals surface area (Å²) in [6.07, 6.45) is 3.54. The second kappa shape index (κ2) is 5.17. The number of rotatable bonds is 3. The molecular weight excluding hydrogens is 266 g/mol. The van der Waals surface area contributed by atoms with E-state index in [1.165, 1.54) is 12.1 Å². The van der Waals surface area contributed by atoms with Gasteiger partial charge >= 0.3 is 5.97 Å². The number of hydrogen-bond acceptors (Lipinski definition) is 3. The molecular formula is C17H11NO3. The topological polar surface area (TPSA) is 67.3 Å². The third-order valence-corrected chi connectivity index (χ3v) is 3.32. The highest BCUT2D eigenvalue weighted by Gasteiger charge is 2.13. The molecule has 0 atom stereocenters. The van der Waals surface area contributed by atoms with Crippen LogP contribution in [0.4, 0.5) is 0 Å². The van der Waals surface area contributed by atoms with Crippen molar-refractivity contribution in [1.29, 1.82) is 0 Å². The summed E-state index contributed by atoms with van der Waals surface area (Å²) >= 11 is 0. The predicted octanol–water partition coefficient (Wildman–Crippen LogP) is 3.17. The number of carboxylic acids is 1. The predicted molar refractivity (Wildman–Crippen MR) is 79.1 cm³/mol. The fourth-order valence-corrected chi connectivity index (χ4v) is 2.20. The average molecular weight is 277 g/mol. The third kappa shape index (κ3) is 2.51. The van der Waals surface area contributed by atoms with Crippen LogP contribution in [0, 0.1) is 0 Å². The van der Waals surface area contributed by atoms with E-state index in [1.54, 1.807) is 24.5 Å². The molecule has 0 fully saturated rings. The first-order valence-electron chi connectivity index (χ1n) is 6.37. The van der Waals surface area contributed by atoms with Gasteiger partial charge in [-0.3, -0.25) is 9.78 Å². The molecule has 0 amide bonds. The van der Waals surface area contributed by atoms with Gasteiger partial charge in [-0.05, 0) is 28.6 Å². The molecule has 0 spiro atoms. The number of aromatic nitrogens is 1. The molecule has 2 aromatic carbocycles. The molecule has 0 aliphatic rings. The number of benzene rings is 2. The van der Waals surface area contributed by atoms with E-state index in [2.05, 4.69) is 4.98 Å². The van der Waals surface area contributed by atoms with E-state index in [4.69, 9.17) is 5.11 Å². The summed E-state index contributed by atoms with van der Waals surface area (Å²) in [6.45, 7) is 0. The zero-order valence-electron chi connectivity index (χ0n) is 11.0. The van der Waals surface area contributed by atoms with Gasteiger partial charge in [-0.15, -0.1) is 0 Å². The van der Waals surface area contributed by atoms with Crippen LogP contribution in [0.15, 0.2) is 60.9 Å². The molecule has 4 nitrogen and oxygen atoms in total. The highest BCUT2D eigenvalue weighted by molar-refractivity contribution is 6.39. The lowest BCUT2D eigenvalue weighted by Crippen LogP contribution is -2.12. The minimum Gasteiger partial charge on any atom is -0.475 e. The lowest BCUT2D eigenvalue weighted by Gasteiger charge is -2.05. The maximum atomic E-state index is 11.4. The molecule has 102 valence electrons. The maximum absolute atomic E-state index is 11.4. The number of carboxylic acid groups (broad SMARTS) is 1. The Bertz CT molecular complexity index is 838. The summed E-state index contributed by atoms with van der Waals surface area (Å²) in [4.78, 5) is 26.1. The third-order valence-electron chi connectivity index (χ3n) is 3.32. The van der Waals surface area contributed by atoms with Gasteiger partial charge in [0.25, 0.3) is 5.78 Å². The van der Waals surface area contributed by atoms with Crippen molar-refractivity contribution in [3.05, 3.63) is 66.5 Å². The van der Waals surface area contributed by atoms with Crippen LogP contribution in [0.25, 0.3) is 21.9 Å². The van der Waals surface area contributed by atoms with Crippen LogP contribution < -0.4 is 0 Å². The van der Waals surface area contributed by atoms with Gasteiger partial charge in [-0.2, -0.15) is 0 Å². The molecule has 0 unspecified atom stereocenters. The Labute approximate surface area is 120 Å². The monoisotopic (exact) mass is 277 g/mol. The Balaban J connectivity index is 1.99. The number of ketones is 1. The molecule has 0 bridgehead atoms. The second-order valence-corrected chi connectivity index (χ2v) is 4.65. The molecule has 1 aromatic heterocycles. The van der Waals surface area contributed by atoms with Crippen LogP contribution >= 0.6 is 0 Å². The van der Waals surface area contributed by atoms with Crippen molar-refractivity contribution in [2.45, 2.75) is 0 Å². The maximum Gasteiger partial charge on any atom is 0.377 e. The van der Waals surface area contributed by atoms with E-state index in [-0.39, 0.29) is 5.56 Å². The number of hydrogen-bond donors (Lipinski definition) is 1. The van der Waals surface area contributed by atoms with Gasteiger partial charge in [0.05, 0.1) is 0 Å². The number of Topliss-reactive ketones (excluding diaryl/α,β-unsaturated/α-hetero) is 1. The average Bonchev–Trinajstić information content (AvgIpc) is 2.54. The van der Waals surface area contributed by atoms with Gasteiger partial charge in [0.1, 0.15) is 0 Å². The molecule has 0 saturated heterocycles. The van der Waals surface area contributed by atoms with Gasteiger partial charge in [0.2, 0.25) is 0 Å². The van der Waals surface area contributed by atoms with E-state index in [0.29, 0.717) is 0 Å². The highest BCUT2D eigenvalue weighted by Crippen LogP contribution is 2.24. The lowest BCUT2D eigenvalue weighted by atomic mass is 10.0. The van der Waals surface area contributed by atoms with Crippen LogP contribution in [0.2, 0.25) is 0 Å².